The fraction of sp³-hybridized carbons (Fsp3) is 0.192. The van der Waals surface area contributed by atoms with Crippen molar-refractivity contribution in [3.63, 3.8) is 0 Å². The van der Waals surface area contributed by atoms with Crippen LogP contribution in [0.3, 0.4) is 0 Å². The van der Waals surface area contributed by atoms with Crippen LogP contribution in [0.2, 0.25) is 0 Å². The molecule has 3 aromatic carbocycles. The van der Waals surface area contributed by atoms with Gasteiger partial charge in [0.15, 0.2) is 17.3 Å². The van der Waals surface area contributed by atoms with Crippen molar-refractivity contribution < 1.29 is 23.8 Å². The summed E-state index contributed by atoms with van der Waals surface area (Å²) in [5.74, 6) is -0.548. The Hall–Kier alpha value is -4.11. The van der Waals surface area contributed by atoms with Gasteiger partial charge < -0.3 is 14.2 Å². The zero-order valence-corrected chi connectivity index (χ0v) is 18.1. The number of carbonyl (C=O) groups is 2. The highest BCUT2D eigenvalue weighted by Gasteiger charge is 2.25. The molecular weight excluding hydrogens is 406 g/mol. The van der Waals surface area contributed by atoms with Crippen molar-refractivity contribution in [2.45, 2.75) is 26.6 Å². The molecule has 0 aliphatic heterocycles. The highest BCUT2D eigenvalue weighted by atomic mass is 16.5. The maximum absolute atomic E-state index is 13.4. The molecule has 0 aromatic heterocycles. The number of ketones is 1. The maximum atomic E-state index is 13.4. The molecule has 0 saturated heterocycles. The lowest BCUT2D eigenvalue weighted by Gasteiger charge is -2.17. The van der Waals surface area contributed by atoms with Crippen LogP contribution in [-0.4, -0.2) is 25.0 Å². The van der Waals surface area contributed by atoms with E-state index < -0.39 is 11.8 Å². The molecular formula is C26H23NO5. The van der Waals surface area contributed by atoms with Crippen molar-refractivity contribution in [1.29, 1.82) is 5.26 Å². The quantitative estimate of drug-likeness (QED) is 0.372. The molecule has 0 N–H and O–H groups in total. The van der Waals surface area contributed by atoms with Crippen LogP contribution in [0, 0.1) is 11.3 Å². The van der Waals surface area contributed by atoms with Gasteiger partial charge in [-0.2, -0.15) is 5.26 Å². The van der Waals surface area contributed by atoms with E-state index in [2.05, 4.69) is 0 Å². The molecule has 32 heavy (non-hydrogen) atoms. The summed E-state index contributed by atoms with van der Waals surface area (Å²) in [4.78, 5) is 26.2. The Kier molecular flexibility index (Phi) is 7.25. The average Bonchev–Trinajstić information content (AvgIpc) is 2.81. The first-order valence-electron chi connectivity index (χ1n) is 10.1. The van der Waals surface area contributed by atoms with Gasteiger partial charge in [0.25, 0.3) is 0 Å². The van der Waals surface area contributed by atoms with Gasteiger partial charge in [-0.25, -0.2) is 4.79 Å². The fourth-order valence-corrected chi connectivity index (χ4v) is 3.13. The number of rotatable bonds is 8. The van der Waals surface area contributed by atoms with E-state index in [1.807, 2.05) is 36.4 Å². The molecule has 0 aliphatic rings. The summed E-state index contributed by atoms with van der Waals surface area (Å²) in [6.45, 7) is 3.69. The zero-order chi connectivity index (χ0) is 23.1. The summed E-state index contributed by atoms with van der Waals surface area (Å²) in [6, 6.07) is 20.9. The van der Waals surface area contributed by atoms with Crippen LogP contribution in [0.15, 0.2) is 66.7 Å². The number of carbonyl (C=O) groups excluding carboxylic acids is 2. The molecule has 0 atom stereocenters. The van der Waals surface area contributed by atoms with Gasteiger partial charge in [0.1, 0.15) is 6.61 Å². The summed E-state index contributed by atoms with van der Waals surface area (Å²) in [6.07, 6.45) is -0.378. The van der Waals surface area contributed by atoms with E-state index in [1.165, 1.54) is 19.2 Å². The van der Waals surface area contributed by atoms with Gasteiger partial charge in [-0.3, -0.25) is 4.79 Å². The van der Waals surface area contributed by atoms with E-state index in [1.54, 1.807) is 38.1 Å². The highest BCUT2D eigenvalue weighted by Crippen LogP contribution is 2.33. The van der Waals surface area contributed by atoms with E-state index in [9.17, 15) is 14.9 Å². The molecule has 0 unspecified atom stereocenters. The third kappa shape index (κ3) is 5.13. The number of ether oxygens (including phenoxy) is 3. The van der Waals surface area contributed by atoms with E-state index in [4.69, 9.17) is 14.2 Å². The van der Waals surface area contributed by atoms with Gasteiger partial charge in [-0.1, -0.05) is 42.5 Å². The molecule has 6 heteroatoms. The first kappa shape index (κ1) is 22.6. The molecule has 0 aliphatic carbocycles. The lowest BCUT2D eigenvalue weighted by molar-refractivity contribution is 0.0375. The molecule has 0 heterocycles. The third-order valence-corrected chi connectivity index (χ3v) is 4.64. The third-order valence-electron chi connectivity index (χ3n) is 4.64. The molecule has 3 aromatic rings. The summed E-state index contributed by atoms with van der Waals surface area (Å²) in [7, 11) is 1.45. The first-order chi connectivity index (χ1) is 15.4. The number of nitrogens with zero attached hydrogens (tertiary/aromatic N) is 1. The van der Waals surface area contributed by atoms with E-state index >= 15 is 0 Å². The van der Waals surface area contributed by atoms with E-state index in [0.29, 0.717) is 11.5 Å². The van der Waals surface area contributed by atoms with Gasteiger partial charge in [0.2, 0.25) is 0 Å². The van der Waals surface area contributed by atoms with Crippen LogP contribution >= 0.6 is 0 Å². The normalized spacial score (nSPS) is 10.3. The summed E-state index contributed by atoms with van der Waals surface area (Å²) in [5.41, 5.74) is 1.44. The van der Waals surface area contributed by atoms with Gasteiger partial charge in [0, 0.05) is 11.1 Å². The zero-order valence-electron chi connectivity index (χ0n) is 18.1. The molecule has 162 valence electrons. The minimum Gasteiger partial charge on any atom is -0.493 e. The van der Waals surface area contributed by atoms with E-state index in [-0.39, 0.29) is 35.0 Å². The minimum atomic E-state index is -0.661. The maximum Gasteiger partial charge on any atom is 0.339 e. The Morgan fingerprint density at radius 1 is 0.906 bits per heavy atom. The SMILES string of the molecule is COc1cc(C(=O)OC(C)C)c(C(=O)c2ccccc2C#N)cc1OCc1ccccc1. The molecule has 0 saturated carbocycles. The van der Waals surface area contributed by atoms with Gasteiger partial charge in [0.05, 0.1) is 30.4 Å². The van der Waals surface area contributed by atoms with Gasteiger partial charge in [-0.15, -0.1) is 0 Å². The van der Waals surface area contributed by atoms with Crippen LogP contribution in [0.4, 0.5) is 0 Å². The summed E-state index contributed by atoms with van der Waals surface area (Å²) in [5, 5.41) is 9.42. The molecule has 6 nitrogen and oxygen atoms in total. The second kappa shape index (κ2) is 10.3. The Balaban J connectivity index is 2.09. The minimum absolute atomic E-state index is 0.0420. The number of esters is 1. The van der Waals surface area contributed by atoms with Crippen molar-refractivity contribution in [3.8, 4) is 17.6 Å². The Morgan fingerprint density at radius 2 is 1.56 bits per heavy atom. The standard InChI is InChI=1S/C26H23NO5/c1-17(2)32-26(29)22-14-23(30-3)24(31-16-18-9-5-4-6-10-18)13-21(22)25(28)20-12-8-7-11-19(20)15-27/h4-14,17H,16H2,1-3H3. The van der Waals surface area contributed by atoms with Crippen LogP contribution in [0.25, 0.3) is 0 Å². The smallest absolute Gasteiger partial charge is 0.339 e. The number of hydrogen-bond acceptors (Lipinski definition) is 6. The van der Waals surface area contributed by atoms with Crippen molar-refractivity contribution >= 4 is 11.8 Å². The Bertz CT molecular complexity index is 1160. The van der Waals surface area contributed by atoms with Gasteiger partial charge in [-0.05, 0) is 43.7 Å². The van der Waals surface area contributed by atoms with Crippen molar-refractivity contribution in [3.05, 3.63) is 94.5 Å². The van der Waals surface area contributed by atoms with Crippen LogP contribution in [0.1, 0.15) is 51.3 Å². The number of nitriles is 1. The van der Waals surface area contributed by atoms with Crippen LogP contribution < -0.4 is 9.47 Å². The van der Waals surface area contributed by atoms with Crippen LogP contribution in [0.5, 0.6) is 11.5 Å². The number of methoxy groups -OCH3 is 1. The molecule has 0 spiro atoms. The monoisotopic (exact) mass is 429 g/mol. The van der Waals surface area contributed by atoms with Crippen molar-refractivity contribution in [1.82, 2.24) is 0 Å². The second-order valence-electron chi connectivity index (χ2n) is 7.26. The van der Waals surface area contributed by atoms with Crippen molar-refractivity contribution in [2.24, 2.45) is 0 Å². The predicted molar refractivity (Wildman–Crippen MR) is 119 cm³/mol. The lowest BCUT2D eigenvalue weighted by atomic mass is 9.94. The Morgan fingerprint density at radius 3 is 2.22 bits per heavy atom. The average molecular weight is 429 g/mol. The molecule has 0 amide bonds. The first-order valence-corrected chi connectivity index (χ1v) is 10.1. The molecule has 0 bridgehead atoms. The predicted octanol–water partition coefficient (Wildman–Crippen LogP) is 4.94. The second-order valence-corrected chi connectivity index (χ2v) is 7.26. The molecule has 0 fully saturated rings. The van der Waals surface area contributed by atoms with Gasteiger partial charge >= 0.3 is 5.97 Å². The summed E-state index contributed by atoms with van der Waals surface area (Å²) >= 11 is 0. The number of benzene rings is 3. The van der Waals surface area contributed by atoms with Crippen LogP contribution in [-0.2, 0) is 11.3 Å². The molecule has 3 rings (SSSR count). The summed E-state index contributed by atoms with van der Waals surface area (Å²) < 4.78 is 16.7. The molecule has 0 radical (unpaired) electrons. The lowest BCUT2D eigenvalue weighted by Crippen LogP contribution is -2.17. The fourth-order valence-electron chi connectivity index (χ4n) is 3.13. The Labute approximate surface area is 187 Å². The number of hydrogen-bond donors (Lipinski definition) is 0. The highest BCUT2D eigenvalue weighted by molar-refractivity contribution is 6.16. The van der Waals surface area contributed by atoms with Crippen molar-refractivity contribution in [2.75, 3.05) is 7.11 Å². The van der Waals surface area contributed by atoms with E-state index in [0.717, 1.165) is 5.56 Å². The topological polar surface area (TPSA) is 85.6 Å². The largest absolute Gasteiger partial charge is 0.493 e.